The van der Waals surface area contributed by atoms with Crippen molar-refractivity contribution in [3.63, 3.8) is 0 Å². The van der Waals surface area contributed by atoms with E-state index in [9.17, 15) is 0 Å². The first-order valence-corrected chi connectivity index (χ1v) is 17.9. The highest BCUT2D eigenvalue weighted by Gasteiger charge is 2.16. The molecule has 0 spiro atoms. The summed E-state index contributed by atoms with van der Waals surface area (Å²) in [7, 11) is 0. The van der Waals surface area contributed by atoms with Crippen LogP contribution in [0.15, 0.2) is 12.4 Å². The smallest absolute Gasteiger partial charge is 0.234 e. The second-order valence-electron chi connectivity index (χ2n) is 12.3. The normalized spacial score (nSPS) is 11.6. The van der Waals surface area contributed by atoms with Gasteiger partial charge in [-0.25, -0.2) is 9.13 Å². The van der Waals surface area contributed by atoms with Gasteiger partial charge in [-0.15, -0.1) is 0 Å². The van der Waals surface area contributed by atoms with Crippen LogP contribution >= 0.6 is 0 Å². The molecule has 2 heteroatoms. The van der Waals surface area contributed by atoms with Crippen LogP contribution in [-0.2, 0) is 19.5 Å². The minimum atomic E-state index is 1.23. The Morgan fingerprint density at radius 1 is 0.447 bits per heavy atom. The molecule has 0 fully saturated rings. The molecule has 0 unspecified atom stereocenters. The average Bonchev–Trinajstić information content (AvgIpc) is 3.31. The highest BCUT2D eigenvalue weighted by molar-refractivity contribution is 4.84. The third kappa shape index (κ3) is 20.2. The molecule has 0 radical (unpaired) electrons. The van der Waals surface area contributed by atoms with E-state index in [-0.39, 0.29) is 0 Å². The molecule has 0 atom stereocenters. The lowest BCUT2D eigenvalue weighted by molar-refractivity contribution is -0.704. The fourth-order valence-corrected chi connectivity index (χ4v) is 5.97. The number of nitrogens with zero attached hydrogens (tertiary/aromatic N) is 2. The second-order valence-corrected chi connectivity index (χ2v) is 12.3. The summed E-state index contributed by atoms with van der Waals surface area (Å²) < 4.78 is 5.25. The van der Waals surface area contributed by atoms with E-state index in [0.717, 1.165) is 0 Å². The summed E-state index contributed by atoms with van der Waals surface area (Å²) in [6.45, 7) is 9.39. The molecule has 0 bridgehead atoms. The maximum absolute atomic E-state index is 2.63. The topological polar surface area (TPSA) is 8.81 Å². The van der Waals surface area contributed by atoms with Gasteiger partial charge in [0, 0.05) is 6.42 Å². The van der Waals surface area contributed by atoms with Gasteiger partial charge in [-0.05, 0) is 32.1 Å². The van der Waals surface area contributed by atoms with Crippen molar-refractivity contribution in [3.05, 3.63) is 18.2 Å². The first-order valence-electron chi connectivity index (χ1n) is 17.9. The summed E-state index contributed by atoms with van der Waals surface area (Å²) in [6, 6.07) is 0. The Balaban J connectivity index is 2.34. The van der Waals surface area contributed by atoms with Crippen LogP contribution in [0.4, 0.5) is 0 Å². The van der Waals surface area contributed by atoms with Crippen LogP contribution in [0.5, 0.6) is 0 Å². The van der Waals surface area contributed by atoms with Crippen LogP contribution in [0.2, 0.25) is 0 Å². The predicted octanol–water partition coefficient (Wildman–Crippen LogP) is 11.9. The Morgan fingerprint density at radius 3 is 1.26 bits per heavy atom. The summed E-state index contributed by atoms with van der Waals surface area (Å²) in [5.74, 6) is 1.62. The van der Waals surface area contributed by atoms with E-state index >= 15 is 0 Å². The lowest BCUT2D eigenvalue weighted by Crippen LogP contribution is -2.37. The molecule has 1 heterocycles. The third-order valence-electron chi connectivity index (χ3n) is 8.60. The van der Waals surface area contributed by atoms with Crippen LogP contribution < -0.4 is 4.57 Å². The van der Waals surface area contributed by atoms with Gasteiger partial charge in [-0.2, -0.15) is 0 Å². The highest BCUT2D eigenvalue weighted by atomic mass is 15.1. The van der Waals surface area contributed by atoms with E-state index < -0.39 is 0 Å². The van der Waals surface area contributed by atoms with E-state index in [1.807, 2.05) is 0 Å². The largest absolute Gasteiger partial charge is 0.256 e. The molecule has 0 aromatic carbocycles. The Labute approximate surface area is 240 Å². The van der Waals surface area contributed by atoms with E-state index in [4.69, 9.17) is 0 Å². The maximum atomic E-state index is 2.63. The molecular formula is C36H71N2+. The number of aryl methyl sites for hydroxylation is 2. The van der Waals surface area contributed by atoms with Crippen LogP contribution in [0.25, 0.3) is 0 Å². The van der Waals surface area contributed by atoms with Gasteiger partial charge < -0.3 is 0 Å². The molecule has 1 rings (SSSR count). The quantitative estimate of drug-likeness (QED) is 0.0689. The Kier molecular flexibility index (Phi) is 25.7. The molecule has 224 valence electrons. The highest BCUT2D eigenvalue weighted by Crippen LogP contribution is 2.14. The molecule has 1 aromatic rings. The predicted molar refractivity (Wildman–Crippen MR) is 170 cm³/mol. The summed E-state index contributed by atoms with van der Waals surface area (Å²) in [4.78, 5) is 0. The SMILES string of the molecule is CCCCCCCCCCCC[n+]1ccn(CCCCCCCCCC)c1CCCCCCCCCCC. The number of aromatic nitrogens is 2. The first kappa shape index (κ1) is 35.2. The van der Waals surface area contributed by atoms with Crippen molar-refractivity contribution < 1.29 is 4.57 Å². The summed E-state index contributed by atoms with van der Waals surface area (Å²) in [5.41, 5.74) is 0. The van der Waals surface area contributed by atoms with Gasteiger partial charge in [0.1, 0.15) is 12.4 Å². The molecule has 0 amide bonds. The van der Waals surface area contributed by atoms with E-state index in [1.165, 1.54) is 193 Å². The second kappa shape index (κ2) is 27.8. The number of rotatable bonds is 30. The summed E-state index contributed by atoms with van der Waals surface area (Å²) >= 11 is 0. The monoisotopic (exact) mass is 532 g/mol. The van der Waals surface area contributed by atoms with Gasteiger partial charge in [0.25, 0.3) is 5.82 Å². The van der Waals surface area contributed by atoms with Gasteiger partial charge >= 0.3 is 0 Å². The molecule has 1 aromatic heterocycles. The van der Waals surface area contributed by atoms with Crippen molar-refractivity contribution in [2.45, 2.75) is 214 Å². The minimum Gasteiger partial charge on any atom is -0.234 e. The number of imidazole rings is 1. The Bertz CT molecular complexity index is 590. The van der Waals surface area contributed by atoms with Crippen molar-refractivity contribution in [1.82, 2.24) is 4.57 Å². The molecule has 38 heavy (non-hydrogen) atoms. The van der Waals surface area contributed by atoms with Crippen molar-refractivity contribution in [1.29, 1.82) is 0 Å². The van der Waals surface area contributed by atoms with Crippen molar-refractivity contribution in [3.8, 4) is 0 Å². The molecule has 0 aliphatic carbocycles. The first-order chi connectivity index (χ1) is 18.8. The standard InChI is InChI=1S/C36H71N2/c1-4-7-10-13-16-19-21-24-27-30-33-38-35-34-37(32-29-26-23-18-15-12-9-6-3)36(38)31-28-25-22-20-17-14-11-8-5-2/h34-35H,4-33H2,1-3H3/q+1. The van der Waals surface area contributed by atoms with Crippen molar-refractivity contribution in [2.75, 3.05) is 0 Å². The van der Waals surface area contributed by atoms with Crippen molar-refractivity contribution >= 4 is 0 Å². The van der Waals surface area contributed by atoms with E-state index in [0.29, 0.717) is 0 Å². The van der Waals surface area contributed by atoms with Gasteiger partial charge in [-0.1, -0.05) is 162 Å². The molecular weight excluding hydrogens is 460 g/mol. The fourth-order valence-electron chi connectivity index (χ4n) is 5.97. The molecule has 0 N–H and O–H groups in total. The molecule has 0 saturated carbocycles. The number of hydrogen-bond acceptors (Lipinski definition) is 0. The van der Waals surface area contributed by atoms with Gasteiger partial charge in [0.15, 0.2) is 0 Å². The number of unbranched alkanes of at least 4 members (excludes halogenated alkanes) is 24. The summed E-state index contributed by atoms with van der Waals surface area (Å²) in [5, 5.41) is 0. The molecule has 0 aliphatic rings. The fraction of sp³-hybridized carbons (Fsp3) is 0.917. The molecule has 0 aliphatic heterocycles. The van der Waals surface area contributed by atoms with Crippen molar-refractivity contribution in [2.24, 2.45) is 0 Å². The zero-order valence-corrected chi connectivity index (χ0v) is 26.8. The molecule has 2 nitrogen and oxygen atoms in total. The van der Waals surface area contributed by atoms with Crippen LogP contribution in [0.3, 0.4) is 0 Å². The zero-order valence-electron chi connectivity index (χ0n) is 26.8. The molecule has 0 saturated heterocycles. The van der Waals surface area contributed by atoms with Crippen LogP contribution in [0, 0.1) is 0 Å². The Morgan fingerprint density at radius 2 is 0.816 bits per heavy atom. The average molecular weight is 532 g/mol. The lowest BCUT2D eigenvalue weighted by Gasteiger charge is -2.07. The van der Waals surface area contributed by atoms with Gasteiger partial charge in [0.05, 0.1) is 13.1 Å². The van der Waals surface area contributed by atoms with Gasteiger partial charge in [0.2, 0.25) is 0 Å². The number of hydrogen-bond donors (Lipinski definition) is 0. The lowest BCUT2D eigenvalue weighted by atomic mass is 10.1. The van der Waals surface area contributed by atoms with Gasteiger partial charge in [-0.3, -0.25) is 0 Å². The zero-order chi connectivity index (χ0) is 27.4. The van der Waals surface area contributed by atoms with Crippen LogP contribution in [-0.4, -0.2) is 4.57 Å². The summed E-state index contributed by atoms with van der Waals surface area (Å²) in [6.07, 6.45) is 44.4. The van der Waals surface area contributed by atoms with E-state index in [1.54, 1.807) is 5.82 Å². The van der Waals surface area contributed by atoms with E-state index in [2.05, 4.69) is 42.3 Å². The maximum Gasteiger partial charge on any atom is 0.256 e. The third-order valence-corrected chi connectivity index (χ3v) is 8.60. The van der Waals surface area contributed by atoms with Crippen LogP contribution in [0.1, 0.15) is 200 Å². The minimum absolute atomic E-state index is 1.23. The Hall–Kier alpha value is -0.790.